The van der Waals surface area contributed by atoms with E-state index in [0.29, 0.717) is 30.6 Å². The van der Waals surface area contributed by atoms with E-state index in [1.807, 2.05) is 30.3 Å². The third-order valence-electron chi connectivity index (χ3n) is 4.74. The van der Waals surface area contributed by atoms with Crippen LogP contribution in [0.15, 0.2) is 59.0 Å². The molecule has 1 saturated heterocycles. The summed E-state index contributed by atoms with van der Waals surface area (Å²) >= 11 is 0. The summed E-state index contributed by atoms with van der Waals surface area (Å²) in [6, 6.07) is 14.9. The first-order valence-electron chi connectivity index (χ1n) is 9.49. The standard InChI is InChI=1S/C21H21FN4O3/c22-16-8-10-17(11-9-16)23-21(27)26-12-4-5-15(13-26)20-25-24-19(29-20)14-28-18-6-2-1-3-7-18/h1-3,6-11,15H,4-5,12-14H2,(H,23,27). The van der Waals surface area contributed by atoms with Crippen LogP contribution < -0.4 is 10.1 Å². The Morgan fingerprint density at radius 2 is 1.97 bits per heavy atom. The summed E-state index contributed by atoms with van der Waals surface area (Å²) in [4.78, 5) is 14.2. The highest BCUT2D eigenvalue weighted by Crippen LogP contribution is 2.26. The van der Waals surface area contributed by atoms with Crippen LogP contribution in [0.3, 0.4) is 0 Å². The number of hydrogen-bond donors (Lipinski definition) is 1. The number of nitrogens with one attached hydrogen (secondary N) is 1. The highest BCUT2D eigenvalue weighted by Gasteiger charge is 2.28. The maximum Gasteiger partial charge on any atom is 0.321 e. The minimum atomic E-state index is -0.343. The van der Waals surface area contributed by atoms with Gasteiger partial charge in [0.25, 0.3) is 5.89 Å². The van der Waals surface area contributed by atoms with Gasteiger partial charge in [-0.15, -0.1) is 10.2 Å². The molecule has 1 N–H and O–H groups in total. The maximum absolute atomic E-state index is 13.0. The van der Waals surface area contributed by atoms with Crippen molar-refractivity contribution in [2.24, 2.45) is 0 Å². The van der Waals surface area contributed by atoms with E-state index < -0.39 is 0 Å². The molecule has 2 amide bonds. The summed E-state index contributed by atoms with van der Waals surface area (Å²) in [5.74, 6) is 1.27. The molecule has 29 heavy (non-hydrogen) atoms. The largest absolute Gasteiger partial charge is 0.484 e. The molecule has 0 aliphatic carbocycles. The fourth-order valence-corrected chi connectivity index (χ4v) is 3.25. The van der Waals surface area contributed by atoms with Gasteiger partial charge in [0, 0.05) is 18.8 Å². The van der Waals surface area contributed by atoms with Crippen LogP contribution in [-0.4, -0.2) is 34.2 Å². The van der Waals surface area contributed by atoms with Crippen molar-refractivity contribution >= 4 is 11.7 Å². The van der Waals surface area contributed by atoms with E-state index in [1.165, 1.54) is 24.3 Å². The minimum Gasteiger partial charge on any atom is -0.484 e. The summed E-state index contributed by atoms with van der Waals surface area (Å²) in [7, 11) is 0. The van der Waals surface area contributed by atoms with Crippen molar-refractivity contribution in [1.29, 1.82) is 0 Å². The number of nitrogens with zero attached hydrogens (tertiary/aromatic N) is 3. The van der Waals surface area contributed by atoms with E-state index in [4.69, 9.17) is 9.15 Å². The van der Waals surface area contributed by atoms with Crippen molar-refractivity contribution in [3.8, 4) is 5.75 Å². The average molecular weight is 396 g/mol. The SMILES string of the molecule is O=C(Nc1ccc(F)cc1)N1CCCC(c2nnc(COc3ccccc3)o2)C1. The minimum absolute atomic E-state index is 0.0271. The molecule has 1 aliphatic heterocycles. The lowest BCUT2D eigenvalue weighted by atomic mass is 9.98. The van der Waals surface area contributed by atoms with Crippen molar-refractivity contribution in [3.63, 3.8) is 0 Å². The van der Waals surface area contributed by atoms with Crippen LogP contribution in [0.1, 0.15) is 30.5 Å². The van der Waals surface area contributed by atoms with Crippen molar-refractivity contribution in [2.45, 2.75) is 25.4 Å². The third-order valence-corrected chi connectivity index (χ3v) is 4.74. The van der Waals surface area contributed by atoms with Crippen LogP contribution in [0.2, 0.25) is 0 Å². The molecule has 1 atom stereocenters. The summed E-state index contributed by atoms with van der Waals surface area (Å²) in [6.45, 7) is 1.31. The highest BCUT2D eigenvalue weighted by molar-refractivity contribution is 5.89. The van der Waals surface area contributed by atoms with E-state index in [1.54, 1.807) is 4.90 Å². The molecule has 8 heteroatoms. The first kappa shape index (κ1) is 18.9. The van der Waals surface area contributed by atoms with E-state index in [-0.39, 0.29) is 24.4 Å². The summed E-state index contributed by atoms with van der Waals surface area (Å²) in [5, 5.41) is 11.0. The van der Waals surface area contributed by atoms with Crippen LogP contribution >= 0.6 is 0 Å². The number of amides is 2. The Balaban J connectivity index is 1.34. The molecule has 1 unspecified atom stereocenters. The van der Waals surface area contributed by atoms with Gasteiger partial charge in [0.2, 0.25) is 5.89 Å². The van der Waals surface area contributed by atoms with Gasteiger partial charge in [-0.1, -0.05) is 18.2 Å². The molecular formula is C21H21FN4O3. The third kappa shape index (κ3) is 4.90. The van der Waals surface area contributed by atoms with Gasteiger partial charge in [0.05, 0.1) is 5.92 Å². The molecule has 2 aromatic carbocycles. The Labute approximate surface area is 167 Å². The molecule has 3 aromatic rings. The Morgan fingerprint density at radius 3 is 2.76 bits per heavy atom. The van der Waals surface area contributed by atoms with E-state index in [2.05, 4.69) is 15.5 Å². The first-order valence-corrected chi connectivity index (χ1v) is 9.49. The number of rotatable bonds is 5. The fraction of sp³-hybridized carbons (Fsp3) is 0.286. The zero-order valence-electron chi connectivity index (χ0n) is 15.8. The molecule has 0 radical (unpaired) electrons. The lowest BCUT2D eigenvalue weighted by molar-refractivity contribution is 0.184. The number of likely N-dealkylation sites (tertiary alicyclic amines) is 1. The lowest BCUT2D eigenvalue weighted by Gasteiger charge is -2.31. The summed E-state index contributed by atoms with van der Waals surface area (Å²) < 4.78 is 24.4. The maximum atomic E-state index is 13.0. The normalized spacial score (nSPS) is 16.4. The Kier molecular flexibility index (Phi) is 5.69. The Bertz CT molecular complexity index is 946. The van der Waals surface area contributed by atoms with Crippen molar-refractivity contribution in [1.82, 2.24) is 15.1 Å². The van der Waals surface area contributed by atoms with Crippen LogP contribution in [0, 0.1) is 5.82 Å². The molecule has 0 bridgehead atoms. The number of ether oxygens (including phenoxy) is 1. The molecule has 2 heterocycles. The molecule has 0 saturated carbocycles. The molecule has 4 rings (SSSR count). The number of anilines is 1. The van der Waals surface area contributed by atoms with Gasteiger partial charge < -0.3 is 19.4 Å². The zero-order valence-corrected chi connectivity index (χ0v) is 15.8. The molecular weight excluding hydrogens is 375 g/mol. The number of piperidine rings is 1. The van der Waals surface area contributed by atoms with Crippen LogP contribution in [0.5, 0.6) is 5.75 Å². The smallest absolute Gasteiger partial charge is 0.321 e. The lowest BCUT2D eigenvalue weighted by Crippen LogP contribution is -2.41. The molecule has 150 valence electrons. The fourth-order valence-electron chi connectivity index (χ4n) is 3.25. The number of hydrogen-bond acceptors (Lipinski definition) is 5. The van der Waals surface area contributed by atoms with Gasteiger partial charge in [-0.2, -0.15) is 0 Å². The topological polar surface area (TPSA) is 80.5 Å². The van der Waals surface area contributed by atoms with Gasteiger partial charge in [-0.05, 0) is 49.2 Å². The number of halogens is 1. The Hall–Kier alpha value is -3.42. The number of urea groups is 1. The van der Waals surface area contributed by atoms with Gasteiger partial charge in [0.1, 0.15) is 11.6 Å². The quantitative estimate of drug-likeness (QED) is 0.699. The van der Waals surface area contributed by atoms with Gasteiger partial charge in [-0.3, -0.25) is 0 Å². The predicted molar refractivity (Wildman–Crippen MR) is 104 cm³/mol. The number of carbonyl (C=O) groups is 1. The number of para-hydroxylation sites is 1. The van der Waals surface area contributed by atoms with Gasteiger partial charge >= 0.3 is 6.03 Å². The monoisotopic (exact) mass is 396 g/mol. The molecule has 1 aromatic heterocycles. The predicted octanol–water partition coefficient (Wildman–Crippen LogP) is 4.20. The summed E-state index contributed by atoms with van der Waals surface area (Å²) in [6.07, 6.45) is 1.70. The number of carbonyl (C=O) groups excluding carboxylic acids is 1. The van der Waals surface area contributed by atoms with E-state index in [0.717, 1.165) is 18.6 Å². The first-order chi connectivity index (χ1) is 14.2. The average Bonchev–Trinajstić information content (AvgIpc) is 3.24. The van der Waals surface area contributed by atoms with Gasteiger partial charge in [0.15, 0.2) is 6.61 Å². The van der Waals surface area contributed by atoms with E-state index in [9.17, 15) is 9.18 Å². The van der Waals surface area contributed by atoms with Crippen molar-refractivity contribution < 1.29 is 18.3 Å². The number of aromatic nitrogens is 2. The molecule has 7 nitrogen and oxygen atoms in total. The van der Waals surface area contributed by atoms with Crippen LogP contribution in [-0.2, 0) is 6.61 Å². The second-order valence-electron chi connectivity index (χ2n) is 6.86. The van der Waals surface area contributed by atoms with E-state index >= 15 is 0 Å². The second kappa shape index (κ2) is 8.72. The zero-order chi connectivity index (χ0) is 20.1. The van der Waals surface area contributed by atoms with Crippen molar-refractivity contribution in [2.75, 3.05) is 18.4 Å². The molecule has 0 spiro atoms. The summed E-state index contributed by atoms with van der Waals surface area (Å²) in [5.41, 5.74) is 0.552. The van der Waals surface area contributed by atoms with Gasteiger partial charge in [-0.25, -0.2) is 9.18 Å². The van der Waals surface area contributed by atoms with Crippen molar-refractivity contribution in [3.05, 3.63) is 72.2 Å². The molecule has 1 aliphatic rings. The molecule has 1 fully saturated rings. The highest BCUT2D eigenvalue weighted by atomic mass is 19.1. The second-order valence-corrected chi connectivity index (χ2v) is 6.86. The van der Waals surface area contributed by atoms with Crippen LogP contribution in [0.4, 0.5) is 14.9 Å². The Morgan fingerprint density at radius 1 is 1.17 bits per heavy atom. The number of benzene rings is 2. The van der Waals surface area contributed by atoms with Crippen LogP contribution in [0.25, 0.3) is 0 Å².